The summed E-state index contributed by atoms with van der Waals surface area (Å²) < 4.78 is 10.8. The lowest BCUT2D eigenvalue weighted by Gasteiger charge is -2.27. The molecule has 1 heterocycles. The summed E-state index contributed by atoms with van der Waals surface area (Å²) in [6, 6.07) is 5.54. The fourth-order valence-electron chi connectivity index (χ4n) is 3.08. The Hall–Kier alpha value is -2.44. The summed E-state index contributed by atoms with van der Waals surface area (Å²) in [5.74, 6) is 1.45. The highest BCUT2D eigenvalue weighted by Crippen LogP contribution is 2.38. The Kier molecular flexibility index (Phi) is 6.91. The zero-order chi connectivity index (χ0) is 18.2. The summed E-state index contributed by atoms with van der Waals surface area (Å²) in [6.07, 6.45) is 2.54. The van der Waals surface area contributed by atoms with Gasteiger partial charge in [0.1, 0.15) is 11.5 Å². The Morgan fingerprint density at radius 2 is 1.96 bits per heavy atom. The number of amides is 3. The number of likely N-dealkylation sites (tertiary alicyclic amines) is 1. The minimum Gasteiger partial charge on any atom is -0.497 e. The molecule has 1 aromatic rings. The van der Waals surface area contributed by atoms with Crippen molar-refractivity contribution in [2.75, 3.05) is 33.9 Å². The van der Waals surface area contributed by atoms with Crippen LogP contribution in [0, 0.1) is 0 Å². The number of urea groups is 1. The molecule has 3 amide bonds. The van der Waals surface area contributed by atoms with Crippen molar-refractivity contribution in [2.45, 2.75) is 32.2 Å². The van der Waals surface area contributed by atoms with Crippen molar-refractivity contribution in [3.05, 3.63) is 23.8 Å². The van der Waals surface area contributed by atoms with Gasteiger partial charge in [0.25, 0.3) is 0 Å². The first-order valence-electron chi connectivity index (χ1n) is 8.57. The molecule has 0 saturated carbocycles. The van der Waals surface area contributed by atoms with E-state index in [1.165, 1.54) is 6.92 Å². The third-order valence-corrected chi connectivity index (χ3v) is 4.31. The van der Waals surface area contributed by atoms with E-state index in [1.807, 2.05) is 23.1 Å². The first-order valence-corrected chi connectivity index (χ1v) is 8.57. The summed E-state index contributed by atoms with van der Waals surface area (Å²) in [4.78, 5) is 25.2. The summed E-state index contributed by atoms with van der Waals surface area (Å²) in [5, 5.41) is 5.64. The van der Waals surface area contributed by atoms with E-state index in [2.05, 4.69) is 10.6 Å². The number of carbonyl (C=O) groups is 2. The van der Waals surface area contributed by atoms with Crippen LogP contribution in [0.15, 0.2) is 18.2 Å². The molecule has 1 saturated heterocycles. The van der Waals surface area contributed by atoms with E-state index >= 15 is 0 Å². The van der Waals surface area contributed by atoms with E-state index in [0.717, 1.165) is 29.9 Å². The van der Waals surface area contributed by atoms with Crippen LogP contribution < -0.4 is 20.1 Å². The van der Waals surface area contributed by atoms with E-state index in [-0.39, 0.29) is 18.0 Å². The van der Waals surface area contributed by atoms with Crippen LogP contribution in [0.5, 0.6) is 11.5 Å². The van der Waals surface area contributed by atoms with Crippen LogP contribution in [0.1, 0.15) is 37.8 Å². The van der Waals surface area contributed by atoms with Gasteiger partial charge in [0, 0.05) is 32.1 Å². The summed E-state index contributed by atoms with van der Waals surface area (Å²) in [7, 11) is 3.26. The lowest BCUT2D eigenvalue weighted by molar-refractivity contribution is -0.118. The summed E-state index contributed by atoms with van der Waals surface area (Å²) in [6.45, 7) is 3.28. The van der Waals surface area contributed by atoms with Crippen molar-refractivity contribution in [3.63, 3.8) is 0 Å². The lowest BCUT2D eigenvalue weighted by Crippen LogP contribution is -2.40. The maximum atomic E-state index is 12.5. The zero-order valence-corrected chi connectivity index (χ0v) is 15.1. The Bertz CT molecular complexity index is 606. The zero-order valence-electron chi connectivity index (χ0n) is 15.1. The maximum Gasteiger partial charge on any atom is 0.317 e. The average molecular weight is 349 g/mol. The number of ether oxygens (including phenoxy) is 2. The molecule has 1 atom stereocenters. The van der Waals surface area contributed by atoms with E-state index in [9.17, 15) is 9.59 Å². The fourth-order valence-corrected chi connectivity index (χ4v) is 3.08. The standard InChI is InChI=1S/C18H27N3O4/c1-13(22)19-9-5-10-20-18(23)21-11-4-6-16(21)15-12-14(24-2)7-8-17(15)25-3/h7-8,12,16H,4-6,9-11H2,1-3H3,(H,19,22)(H,20,23)/t16-/m0/s1. The second-order valence-corrected chi connectivity index (χ2v) is 6.03. The first-order chi connectivity index (χ1) is 12.1. The van der Waals surface area contributed by atoms with E-state index in [1.54, 1.807) is 14.2 Å². The molecule has 0 aromatic heterocycles. The summed E-state index contributed by atoms with van der Waals surface area (Å²) in [5.41, 5.74) is 0.966. The molecule has 1 aliphatic rings. The molecule has 0 radical (unpaired) electrons. The average Bonchev–Trinajstić information content (AvgIpc) is 3.10. The van der Waals surface area contributed by atoms with Crippen molar-refractivity contribution >= 4 is 11.9 Å². The highest BCUT2D eigenvalue weighted by Gasteiger charge is 2.32. The van der Waals surface area contributed by atoms with Gasteiger partial charge in [-0.15, -0.1) is 0 Å². The molecule has 138 valence electrons. The molecule has 0 spiro atoms. The Balaban J connectivity index is 1.99. The highest BCUT2D eigenvalue weighted by molar-refractivity contribution is 5.75. The van der Waals surface area contributed by atoms with E-state index in [0.29, 0.717) is 26.1 Å². The number of carbonyl (C=O) groups excluding carboxylic acids is 2. The van der Waals surface area contributed by atoms with Crippen molar-refractivity contribution < 1.29 is 19.1 Å². The van der Waals surface area contributed by atoms with Gasteiger partial charge in [-0.05, 0) is 37.5 Å². The van der Waals surface area contributed by atoms with Crippen LogP contribution in [0.25, 0.3) is 0 Å². The number of nitrogens with zero attached hydrogens (tertiary/aromatic N) is 1. The van der Waals surface area contributed by atoms with Crippen LogP contribution in [-0.2, 0) is 4.79 Å². The SMILES string of the molecule is COc1ccc(OC)c([C@@H]2CCCN2C(=O)NCCCNC(C)=O)c1. The van der Waals surface area contributed by atoms with Crippen molar-refractivity contribution in [2.24, 2.45) is 0 Å². The molecule has 1 fully saturated rings. The molecule has 1 aliphatic heterocycles. The van der Waals surface area contributed by atoms with Crippen LogP contribution in [0.3, 0.4) is 0 Å². The Morgan fingerprint density at radius 3 is 2.64 bits per heavy atom. The smallest absolute Gasteiger partial charge is 0.317 e. The van der Waals surface area contributed by atoms with Crippen molar-refractivity contribution in [1.29, 1.82) is 0 Å². The van der Waals surface area contributed by atoms with Gasteiger partial charge < -0.3 is 25.0 Å². The summed E-state index contributed by atoms with van der Waals surface area (Å²) >= 11 is 0. The second-order valence-electron chi connectivity index (χ2n) is 6.03. The molecular formula is C18H27N3O4. The first kappa shape index (κ1) is 18.9. The van der Waals surface area contributed by atoms with Gasteiger partial charge in [0.05, 0.1) is 20.3 Å². The molecule has 2 rings (SSSR count). The number of hydrogen-bond donors (Lipinski definition) is 2. The molecule has 0 unspecified atom stereocenters. The van der Waals surface area contributed by atoms with Crippen LogP contribution in [0.2, 0.25) is 0 Å². The van der Waals surface area contributed by atoms with Crippen molar-refractivity contribution in [1.82, 2.24) is 15.5 Å². The molecule has 7 heteroatoms. The van der Waals surface area contributed by atoms with Gasteiger partial charge in [-0.1, -0.05) is 0 Å². The van der Waals surface area contributed by atoms with Crippen LogP contribution in [0.4, 0.5) is 4.79 Å². The molecule has 1 aromatic carbocycles. The van der Waals surface area contributed by atoms with Gasteiger partial charge >= 0.3 is 6.03 Å². The largest absolute Gasteiger partial charge is 0.497 e. The number of nitrogens with one attached hydrogen (secondary N) is 2. The van der Waals surface area contributed by atoms with Crippen LogP contribution in [-0.4, -0.2) is 50.7 Å². The number of rotatable bonds is 7. The quantitative estimate of drug-likeness (QED) is 0.739. The third kappa shape index (κ3) is 5.01. The predicted octanol–water partition coefficient (Wildman–Crippen LogP) is 2.08. The van der Waals surface area contributed by atoms with Gasteiger partial charge in [-0.3, -0.25) is 4.79 Å². The van der Waals surface area contributed by atoms with E-state index in [4.69, 9.17) is 9.47 Å². The van der Waals surface area contributed by atoms with Crippen LogP contribution >= 0.6 is 0 Å². The monoisotopic (exact) mass is 349 g/mol. The maximum absolute atomic E-state index is 12.5. The fraction of sp³-hybridized carbons (Fsp3) is 0.556. The molecule has 7 nitrogen and oxygen atoms in total. The molecule has 0 bridgehead atoms. The topological polar surface area (TPSA) is 79.9 Å². The van der Waals surface area contributed by atoms with Gasteiger partial charge in [-0.25, -0.2) is 4.79 Å². The molecular weight excluding hydrogens is 322 g/mol. The minimum atomic E-state index is -0.0878. The Morgan fingerprint density at radius 1 is 1.20 bits per heavy atom. The third-order valence-electron chi connectivity index (χ3n) is 4.31. The van der Waals surface area contributed by atoms with Gasteiger partial charge in [0.2, 0.25) is 5.91 Å². The number of methoxy groups -OCH3 is 2. The highest BCUT2D eigenvalue weighted by atomic mass is 16.5. The number of benzene rings is 1. The lowest BCUT2D eigenvalue weighted by atomic mass is 10.0. The van der Waals surface area contributed by atoms with Gasteiger partial charge in [0.15, 0.2) is 0 Å². The second kappa shape index (κ2) is 9.15. The molecule has 2 N–H and O–H groups in total. The van der Waals surface area contributed by atoms with Crippen molar-refractivity contribution in [3.8, 4) is 11.5 Å². The Labute approximate surface area is 148 Å². The molecule has 0 aliphatic carbocycles. The van der Waals surface area contributed by atoms with Gasteiger partial charge in [-0.2, -0.15) is 0 Å². The minimum absolute atomic E-state index is 0.0274. The predicted molar refractivity (Wildman–Crippen MR) is 94.9 cm³/mol. The number of hydrogen-bond acceptors (Lipinski definition) is 4. The normalized spacial score (nSPS) is 16.4. The molecule has 25 heavy (non-hydrogen) atoms. The van der Waals surface area contributed by atoms with E-state index < -0.39 is 0 Å².